The minimum absolute atomic E-state index is 0.00240. The zero-order valence-corrected chi connectivity index (χ0v) is 11.5. The number of hydrazone groups is 1. The van der Waals surface area contributed by atoms with Crippen molar-refractivity contribution in [2.75, 3.05) is 6.54 Å². The molecule has 3 unspecified atom stereocenters. The molecule has 1 saturated heterocycles. The van der Waals surface area contributed by atoms with Crippen LogP contribution >= 0.6 is 0 Å². The van der Waals surface area contributed by atoms with E-state index in [1.54, 1.807) is 6.21 Å². The van der Waals surface area contributed by atoms with Crippen LogP contribution < -0.4 is 0 Å². The average molecular weight is 273 g/mol. The van der Waals surface area contributed by atoms with Crippen LogP contribution in [0.3, 0.4) is 0 Å². The van der Waals surface area contributed by atoms with Crippen LogP contribution in [0, 0.1) is 0 Å². The third-order valence-electron chi connectivity index (χ3n) is 4.10. The second kappa shape index (κ2) is 5.25. The summed E-state index contributed by atoms with van der Waals surface area (Å²) in [5, 5.41) is 15.7. The number of carbonyl (C=O) groups is 1. The van der Waals surface area contributed by atoms with Crippen molar-refractivity contribution in [2.24, 2.45) is 5.10 Å². The molecule has 2 fully saturated rings. The van der Waals surface area contributed by atoms with Crippen molar-refractivity contribution in [1.29, 1.82) is 0 Å². The molecular formula is C15H19N3O2. The van der Waals surface area contributed by atoms with Crippen molar-refractivity contribution in [2.45, 2.75) is 38.0 Å². The van der Waals surface area contributed by atoms with Crippen molar-refractivity contribution in [3.63, 3.8) is 0 Å². The predicted octanol–water partition coefficient (Wildman–Crippen LogP) is 1.67. The second-order valence-corrected chi connectivity index (χ2v) is 5.33. The van der Waals surface area contributed by atoms with Gasteiger partial charge in [0.25, 0.3) is 0 Å². The number of benzene rings is 1. The van der Waals surface area contributed by atoms with E-state index in [9.17, 15) is 9.90 Å². The SMILES string of the molecule is CCN1C(=O)N(/N=C/c2ccccc2)C2CC(O)CC21. The monoisotopic (exact) mass is 273 g/mol. The van der Waals surface area contributed by atoms with Crippen LogP contribution in [0.2, 0.25) is 0 Å². The van der Waals surface area contributed by atoms with Gasteiger partial charge in [-0.25, -0.2) is 9.80 Å². The summed E-state index contributed by atoms with van der Waals surface area (Å²) in [4.78, 5) is 14.1. The number of likely N-dealkylation sites (N-methyl/N-ethyl adjacent to an activating group) is 1. The molecule has 1 heterocycles. The van der Waals surface area contributed by atoms with Gasteiger partial charge in [-0.2, -0.15) is 5.10 Å². The van der Waals surface area contributed by atoms with Crippen LogP contribution in [0.4, 0.5) is 4.79 Å². The van der Waals surface area contributed by atoms with Crippen molar-refractivity contribution >= 4 is 12.2 Å². The van der Waals surface area contributed by atoms with E-state index in [0.717, 1.165) is 5.56 Å². The Hall–Kier alpha value is -1.88. The highest BCUT2D eigenvalue weighted by molar-refractivity contribution is 5.83. The highest BCUT2D eigenvalue weighted by Crippen LogP contribution is 2.35. The fraction of sp³-hybridized carbons (Fsp3) is 0.467. The largest absolute Gasteiger partial charge is 0.393 e. The summed E-state index contributed by atoms with van der Waals surface area (Å²) in [6.45, 7) is 2.62. The molecule has 1 aromatic rings. The van der Waals surface area contributed by atoms with E-state index in [2.05, 4.69) is 5.10 Å². The Balaban J connectivity index is 1.82. The topological polar surface area (TPSA) is 56.1 Å². The van der Waals surface area contributed by atoms with Gasteiger partial charge in [-0.15, -0.1) is 0 Å². The van der Waals surface area contributed by atoms with E-state index in [0.29, 0.717) is 19.4 Å². The first-order valence-electron chi connectivity index (χ1n) is 7.07. The van der Waals surface area contributed by atoms with Gasteiger partial charge in [-0.1, -0.05) is 30.3 Å². The maximum Gasteiger partial charge on any atom is 0.341 e. The number of rotatable bonds is 3. The van der Waals surface area contributed by atoms with E-state index < -0.39 is 0 Å². The molecule has 3 atom stereocenters. The Bertz CT molecular complexity index is 517. The first-order valence-corrected chi connectivity index (χ1v) is 7.07. The van der Waals surface area contributed by atoms with Gasteiger partial charge in [0, 0.05) is 6.54 Å². The van der Waals surface area contributed by atoms with E-state index in [-0.39, 0.29) is 24.2 Å². The van der Waals surface area contributed by atoms with Crippen LogP contribution in [0.5, 0.6) is 0 Å². The van der Waals surface area contributed by atoms with E-state index in [1.807, 2.05) is 42.2 Å². The zero-order valence-electron chi connectivity index (χ0n) is 11.5. The number of aliphatic hydroxyl groups is 1. The van der Waals surface area contributed by atoms with Gasteiger partial charge < -0.3 is 10.0 Å². The highest BCUT2D eigenvalue weighted by Gasteiger charge is 2.50. The summed E-state index contributed by atoms with van der Waals surface area (Å²) in [6.07, 6.45) is 2.64. The van der Waals surface area contributed by atoms with Crippen LogP contribution in [0.15, 0.2) is 35.4 Å². The van der Waals surface area contributed by atoms with Gasteiger partial charge in [0.05, 0.1) is 24.4 Å². The molecule has 2 aliphatic rings. The lowest BCUT2D eigenvalue weighted by atomic mass is 10.2. The van der Waals surface area contributed by atoms with Gasteiger partial charge in [0.15, 0.2) is 0 Å². The van der Waals surface area contributed by atoms with Gasteiger partial charge in [0.1, 0.15) is 0 Å². The molecule has 2 amide bonds. The average Bonchev–Trinajstić information content (AvgIpc) is 2.92. The number of aliphatic hydroxyl groups excluding tert-OH is 1. The molecule has 0 radical (unpaired) electrons. The summed E-state index contributed by atoms with van der Waals surface area (Å²) >= 11 is 0. The molecule has 1 aliphatic heterocycles. The fourth-order valence-corrected chi connectivity index (χ4v) is 3.15. The molecule has 1 saturated carbocycles. The van der Waals surface area contributed by atoms with Crippen LogP contribution in [-0.2, 0) is 0 Å². The quantitative estimate of drug-likeness (QED) is 0.852. The summed E-state index contributed by atoms with van der Waals surface area (Å²) in [7, 11) is 0. The van der Waals surface area contributed by atoms with E-state index >= 15 is 0 Å². The first-order chi connectivity index (χ1) is 9.70. The maximum absolute atomic E-state index is 12.3. The first kappa shape index (κ1) is 13.1. The molecule has 0 spiro atoms. The van der Waals surface area contributed by atoms with Crippen molar-refractivity contribution in [3.05, 3.63) is 35.9 Å². The maximum atomic E-state index is 12.3. The Morgan fingerprint density at radius 2 is 2.00 bits per heavy atom. The van der Waals surface area contributed by atoms with Gasteiger partial charge >= 0.3 is 6.03 Å². The van der Waals surface area contributed by atoms with E-state index in [1.165, 1.54) is 5.01 Å². The van der Waals surface area contributed by atoms with Crippen molar-refractivity contribution in [3.8, 4) is 0 Å². The summed E-state index contributed by atoms with van der Waals surface area (Å²) in [6, 6.07) is 9.75. The van der Waals surface area contributed by atoms with Crippen LogP contribution in [-0.4, -0.2) is 52.0 Å². The number of nitrogens with zero attached hydrogens (tertiary/aromatic N) is 3. The standard InChI is InChI=1S/C15H19N3O2/c1-2-17-13-8-12(19)9-14(13)18(15(17)20)16-10-11-6-4-3-5-7-11/h3-7,10,12-14,19H,2,8-9H2,1H3/b16-10+. The second-order valence-electron chi connectivity index (χ2n) is 5.33. The third kappa shape index (κ3) is 2.18. The number of hydrogen-bond acceptors (Lipinski definition) is 3. The molecule has 3 rings (SSSR count). The summed E-state index contributed by atoms with van der Waals surface area (Å²) < 4.78 is 0. The van der Waals surface area contributed by atoms with Crippen LogP contribution in [0.1, 0.15) is 25.3 Å². The molecule has 5 heteroatoms. The number of hydrogen-bond donors (Lipinski definition) is 1. The minimum Gasteiger partial charge on any atom is -0.393 e. The molecule has 1 aromatic carbocycles. The molecule has 20 heavy (non-hydrogen) atoms. The third-order valence-corrected chi connectivity index (χ3v) is 4.10. The number of urea groups is 1. The molecule has 106 valence electrons. The van der Waals surface area contributed by atoms with Gasteiger partial charge in [0.2, 0.25) is 0 Å². The molecular weight excluding hydrogens is 254 g/mol. The molecule has 1 aliphatic carbocycles. The lowest BCUT2D eigenvalue weighted by Gasteiger charge is -2.19. The Morgan fingerprint density at radius 3 is 2.70 bits per heavy atom. The van der Waals surface area contributed by atoms with Gasteiger partial charge in [-0.05, 0) is 25.3 Å². The lowest BCUT2D eigenvalue weighted by molar-refractivity contribution is 0.143. The number of carbonyl (C=O) groups excluding carboxylic acids is 1. The lowest BCUT2D eigenvalue weighted by Crippen LogP contribution is -2.34. The van der Waals surface area contributed by atoms with Crippen molar-refractivity contribution in [1.82, 2.24) is 9.91 Å². The predicted molar refractivity (Wildman–Crippen MR) is 76.5 cm³/mol. The normalized spacial score (nSPS) is 29.5. The summed E-state index contributed by atoms with van der Waals surface area (Å²) in [5.41, 5.74) is 0.963. The fourth-order valence-electron chi connectivity index (χ4n) is 3.15. The molecule has 0 bridgehead atoms. The Labute approximate surface area is 118 Å². The number of fused-ring (bicyclic) bond motifs is 1. The van der Waals surface area contributed by atoms with Gasteiger partial charge in [-0.3, -0.25) is 0 Å². The molecule has 5 nitrogen and oxygen atoms in total. The smallest absolute Gasteiger partial charge is 0.341 e. The molecule has 0 aromatic heterocycles. The Kier molecular flexibility index (Phi) is 3.44. The zero-order chi connectivity index (χ0) is 14.1. The van der Waals surface area contributed by atoms with E-state index in [4.69, 9.17) is 0 Å². The highest BCUT2D eigenvalue weighted by atomic mass is 16.3. The van der Waals surface area contributed by atoms with Crippen LogP contribution in [0.25, 0.3) is 0 Å². The summed E-state index contributed by atoms with van der Waals surface area (Å²) in [5.74, 6) is 0. The van der Waals surface area contributed by atoms with Crippen molar-refractivity contribution < 1.29 is 9.90 Å². The minimum atomic E-state index is -0.332. The number of amides is 2. The molecule has 1 N–H and O–H groups in total. The Morgan fingerprint density at radius 1 is 1.30 bits per heavy atom.